The second-order valence-corrected chi connectivity index (χ2v) is 1.82. The van der Waals surface area contributed by atoms with Gasteiger partial charge in [-0.2, -0.15) is 8.78 Å². The summed E-state index contributed by atoms with van der Waals surface area (Å²) in [4.78, 5) is 0. The maximum absolute atomic E-state index is 12.2. The highest BCUT2D eigenvalue weighted by Gasteiger charge is 2.27. The van der Waals surface area contributed by atoms with E-state index in [0.717, 1.165) is 0 Å². The van der Waals surface area contributed by atoms with Crippen molar-refractivity contribution >= 4 is 0 Å². The maximum atomic E-state index is 12.2. The Morgan fingerprint density at radius 1 is 1.08 bits per heavy atom. The van der Waals surface area contributed by atoms with Crippen molar-refractivity contribution in [2.24, 2.45) is 0 Å². The van der Waals surface area contributed by atoms with Crippen LogP contribution in [0.3, 0.4) is 0 Å². The first-order valence-electron chi connectivity index (χ1n) is 3.52. The topological polar surface area (TPSA) is 9.23 Å². The molecular weight excluding hydrogens is 181 g/mol. The van der Waals surface area contributed by atoms with Crippen molar-refractivity contribution in [2.75, 3.05) is 13.8 Å². The Morgan fingerprint density at radius 2 is 1.46 bits per heavy atom. The fourth-order valence-electron chi connectivity index (χ4n) is 0.574. The average molecular weight is 204 g/mol. The van der Waals surface area contributed by atoms with Crippen molar-refractivity contribution in [2.45, 2.75) is 47.7 Å². The molecule has 4 heteroatoms. The molecule has 0 aromatic heterocycles. The summed E-state index contributed by atoms with van der Waals surface area (Å²) in [5, 5.41) is 0. The summed E-state index contributed by atoms with van der Waals surface area (Å²) in [5.74, 6) is 0. The van der Waals surface area contributed by atoms with Crippen molar-refractivity contribution < 1.29 is 17.9 Å². The Bertz CT molecular complexity index is 69.3. The molecule has 0 spiro atoms. The van der Waals surface area contributed by atoms with E-state index >= 15 is 0 Å². The summed E-state index contributed by atoms with van der Waals surface area (Å²) in [6.07, 6.45) is -2.63. The van der Waals surface area contributed by atoms with Gasteiger partial charge in [0.15, 0.2) is 0 Å². The molecule has 0 heterocycles. The lowest BCUT2D eigenvalue weighted by Gasteiger charge is -2.13. The molecule has 0 aromatic carbocycles. The van der Waals surface area contributed by atoms with Gasteiger partial charge in [-0.25, -0.2) is 0 Å². The number of halogens is 3. The monoisotopic (exact) mass is 204 g/mol. The lowest BCUT2D eigenvalue weighted by Crippen LogP contribution is -2.19. The molecule has 0 radical (unpaired) electrons. The third kappa shape index (κ3) is 18.6. The van der Waals surface area contributed by atoms with Gasteiger partial charge in [-0.15, -0.1) is 0 Å². The molecule has 0 bridgehead atoms. The summed E-state index contributed by atoms with van der Waals surface area (Å²) in [5.41, 5.74) is 0. The minimum Gasteiger partial charge on any atom is -0.321 e. The van der Waals surface area contributed by atoms with E-state index in [1.807, 2.05) is 0 Å². The number of hydrogen-bond acceptors (Lipinski definition) is 1. The molecular formula is C9H23F3O. The molecule has 0 fully saturated rings. The van der Waals surface area contributed by atoms with Crippen molar-refractivity contribution in [3.8, 4) is 0 Å². The predicted octanol–water partition coefficient (Wildman–Crippen LogP) is 4.27. The Hall–Kier alpha value is -0.250. The second-order valence-electron chi connectivity index (χ2n) is 1.82. The van der Waals surface area contributed by atoms with E-state index in [9.17, 15) is 13.2 Å². The summed E-state index contributed by atoms with van der Waals surface area (Å²) in [6, 6.07) is 0. The SMILES string of the molecule is C.C.CCCC(F)(F)OCC.CF. The molecule has 0 aliphatic rings. The van der Waals surface area contributed by atoms with Crippen molar-refractivity contribution in [3.05, 3.63) is 0 Å². The average Bonchev–Trinajstić information content (AvgIpc) is 1.91. The number of hydrogen-bond donors (Lipinski definition) is 0. The zero-order chi connectivity index (χ0) is 9.33. The van der Waals surface area contributed by atoms with Crippen LogP contribution in [0.4, 0.5) is 13.2 Å². The fourth-order valence-corrected chi connectivity index (χ4v) is 0.574. The Balaban J connectivity index is -0.0000000941. The third-order valence-electron chi connectivity index (χ3n) is 0.897. The van der Waals surface area contributed by atoms with E-state index in [-0.39, 0.29) is 27.9 Å². The summed E-state index contributed by atoms with van der Waals surface area (Å²) in [7, 11) is 0.500. The molecule has 0 atom stereocenters. The standard InChI is InChI=1S/C6H12F2O.CH3F.2CH4/c1-3-5-6(7,8)9-4-2;1-2;;/h3-5H2,1-2H3;1H3;2*1H4. The molecule has 0 aliphatic carbocycles. The van der Waals surface area contributed by atoms with Gasteiger partial charge in [-0.3, -0.25) is 4.39 Å². The van der Waals surface area contributed by atoms with E-state index in [4.69, 9.17) is 0 Å². The first-order valence-corrected chi connectivity index (χ1v) is 3.52. The first-order chi connectivity index (χ1) is 5.12. The van der Waals surface area contributed by atoms with Crippen molar-refractivity contribution in [1.29, 1.82) is 0 Å². The van der Waals surface area contributed by atoms with Gasteiger partial charge >= 0.3 is 6.11 Å². The molecule has 0 unspecified atom stereocenters. The van der Waals surface area contributed by atoms with Gasteiger partial charge in [0.1, 0.15) is 0 Å². The van der Waals surface area contributed by atoms with Crippen LogP contribution in [0.25, 0.3) is 0 Å². The van der Waals surface area contributed by atoms with Gasteiger partial charge in [-0.05, 0) is 13.3 Å². The smallest absolute Gasteiger partial charge is 0.321 e. The molecule has 86 valence electrons. The molecule has 0 amide bonds. The summed E-state index contributed by atoms with van der Waals surface area (Å²) in [6.45, 7) is 3.34. The molecule has 13 heavy (non-hydrogen) atoms. The highest BCUT2D eigenvalue weighted by atomic mass is 19.3. The van der Waals surface area contributed by atoms with Crippen molar-refractivity contribution in [1.82, 2.24) is 0 Å². The first kappa shape index (κ1) is 23.0. The number of ether oxygens (including phenoxy) is 1. The van der Waals surface area contributed by atoms with Crippen LogP contribution >= 0.6 is 0 Å². The Labute approximate surface area is 80.3 Å². The van der Waals surface area contributed by atoms with Crippen LogP contribution in [0.1, 0.15) is 41.5 Å². The zero-order valence-electron chi connectivity index (χ0n) is 7.16. The van der Waals surface area contributed by atoms with Crippen LogP contribution in [0.15, 0.2) is 0 Å². The lowest BCUT2D eigenvalue weighted by atomic mass is 10.3. The van der Waals surface area contributed by atoms with E-state index in [1.54, 1.807) is 13.8 Å². The molecule has 0 aliphatic heterocycles. The van der Waals surface area contributed by atoms with Crippen LogP contribution in [0.5, 0.6) is 0 Å². The van der Waals surface area contributed by atoms with Gasteiger partial charge in [0.05, 0.1) is 13.8 Å². The van der Waals surface area contributed by atoms with Crippen LogP contribution < -0.4 is 0 Å². The third-order valence-corrected chi connectivity index (χ3v) is 0.897. The van der Waals surface area contributed by atoms with Crippen LogP contribution in [0, 0.1) is 0 Å². The van der Waals surface area contributed by atoms with Crippen LogP contribution in [0.2, 0.25) is 0 Å². The van der Waals surface area contributed by atoms with E-state index in [1.165, 1.54) is 0 Å². The van der Waals surface area contributed by atoms with Crippen LogP contribution in [-0.4, -0.2) is 19.9 Å². The number of alkyl halides is 3. The summed E-state index contributed by atoms with van der Waals surface area (Å²) < 4.78 is 38.0. The molecule has 0 saturated carbocycles. The van der Waals surface area contributed by atoms with Gasteiger partial charge in [0, 0.05) is 6.42 Å². The van der Waals surface area contributed by atoms with Gasteiger partial charge < -0.3 is 4.74 Å². The van der Waals surface area contributed by atoms with Gasteiger partial charge in [0.2, 0.25) is 0 Å². The highest BCUT2D eigenvalue weighted by Crippen LogP contribution is 2.20. The maximum Gasteiger partial charge on any atom is 0.355 e. The Kier molecular flexibility index (Phi) is 25.3. The second kappa shape index (κ2) is 14.3. The van der Waals surface area contributed by atoms with Crippen molar-refractivity contribution in [3.63, 3.8) is 0 Å². The highest BCUT2D eigenvalue weighted by molar-refractivity contribution is 4.49. The molecule has 0 aromatic rings. The van der Waals surface area contributed by atoms with E-state index < -0.39 is 6.11 Å². The lowest BCUT2D eigenvalue weighted by molar-refractivity contribution is -0.239. The number of rotatable bonds is 4. The minimum absolute atomic E-state index is 0. The fraction of sp³-hybridized carbons (Fsp3) is 1.00. The quantitative estimate of drug-likeness (QED) is 0.664. The van der Waals surface area contributed by atoms with E-state index in [0.29, 0.717) is 13.6 Å². The Morgan fingerprint density at radius 3 is 1.69 bits per heavy atom. The van der Waals surface area contributed by atoms with E-state index in [2.05, 4.69) is 4.74 Å². The summed E-state index contributed by atoms with van der Waals surface area (Å²) >= 11 is 0. The predicted molar refractivity (Wildman–Crippen MR) is 52.0 cm³/mol. The largest absolute Gasteiger partial charge is 0.355 e. The zero-order valence-corrected chi connectivity index (χ0v) is 7.16. The normalized spacial score (nSPS) is 8.77. The minimum atomic E-state index is -2.90. The molecule has 0 N–H and O–H groups in total. The molecule has 0 rings (SSSR count). The van der Waals surface area contributed by atoms with Gasteiger partial charge in [0.25, 0.3) is 0 Å². The molecule has 0 saturated heterocycles. The molecule has 1 nitrogen and oxygen atoms in total. The van der Waals surface area contributed by atoms with Gasteiger partial charge in [-0.1, -0.05) is 21.8 Å². The van der Waals surface area contributed by atoms with Crippen LogP contribution in [-0.2, 0) is 4.74 Å².